The summed E-state index contributed by atoms with van der Waals surface area (Å²) < 4.78 is 6.18. The zero-order valence-corrected chi connectivity index (χ0v) is 37.6. The van der Waals surface area contributed by atoms with E-state index in [2.05, 4.69) is 73.6 Å². The number of carboxylic acid groups (broad SMARTS) is 1. The first kappa shape index (κ1) is 43.8. The number of nitrogens with zero attached hydrogens (tertiary/aromatic N) is 1. The van der Waals surface area contributed by atoms with Crippen molar-refractivity contribution in [1.82, 2.24) is 0 Å². The van der Waals surface area contributed by atoms with Gasteiger partial charge in [-0.05, 0) is 159 Å². The third-order valence-corrected chi connectivity index (χ3v) is 16.6. The summed E-state index contributed by atoms with van der Waals surface area (Å²) in [7, 11) is 0. The van der Waals surface area contributed by atoms with Gasteiger partial charge in [0.1, 0.15) is 6.10 Å². The highest BCUT2D eigenvalue weighted by atomic mass is 35.5. The van der Waals surface area contributed by atoms with Gasteiger partial charge in [0, 0.05) is 28.0 Å². The van der Waals surface area contributed by atoms with Crippen LogP contribution in [0.3, 0.4) is 0 Å². The van der Waals surface area contributed by atoms with Gasteiger partial charge < -0.3 is 9.84 Å². The molecule has 9 atom stereocenters. The molecule has 6 nitrogen and oxygen atoms in total. The second kappa shape index (κ2) is 16.7. The molecule has 57 heavy (non-hydrogen) atoms. The zero-order chi connectivity index (χ0) is 41.7. The van der Waals surface area contributed by atoms with Crippen molar-refractivity contribution in [3.8, 4) is 0 Å². The molecule has 314 valence electrons. The highest BCUT2D eigenvalue weighted by Crippen LogP contribution is 2.64. The molecular weight excluding hydrogens is 730 g/mol. The number of carbonyl (C=O) groups is 3. The van der Waals surface area contributed by atoms with Gasteiger partial charge in [0.15, 0.2) is 5.78 Å². The van der Waals surface area contributed by atoms with Gasteiger partial charge in [-0.2, -0.15) is 0 Å². The van der Waals surface area contributed by atoms with Crippen molar-refractivity contribution < 1.29 is 24.2 Å². The van der Waals surface area contributed by atoms with Gasteiger partial charge in [0.2, 0.25) is 0 Å². The van der Waals surface area contributed by atoms with Crippen molar-refractivity contribution in [2.75, 3.05) is 6.54 Å². The van der Waals surface area contributed by atoms with Crippen molar-refractivity contribution in [2.45, 2.75) is 159 Å². The first-order valence-corrected chi connectivity index (χ1v) is 22.8. The van der Waals surface area contributed by atoms with E-state index < -0.39 is 17.4 Å². The second-order valence-corrected chi connectivity index (χ2v) is 21.3. The van der Waals surface area contributed by atoms with Crippen LogP contribution in [0.25, 0.3) is 5.57 Å². The smallest absolute Gasteiger partial charge is 0.309 e. The maximum absolute atomic E-state index is 14.3. The number of hydrogen-bond acceptors (Lipinski definition) is 5. The van der Waals surface area contributed by atoms with Crippen LogP contribution >= 0.6 is 11.6 Å². The lowest BCUT2D eigenvalue weighted by Gasteiger charge is -2.61. The Morgan fingerprint density at radius 1 is 0.982 bits per heavy atom. The lowest BCUT2D eigenvalue weighted by molar-refractivity contribution is -0.187. The lowest BCUT2D eigenvalue weighted by atomic mass is 9.45. The monoisotopic (exact) mass is 802 g/mol. The molecule has 0 spiro atoms. The summed E-state index contributed by atoms with van der Waals surface area (Å²) in [6.07, 6.45) is 14.0. The number of Topliss-reactive ketones (excluding diaryl/α,β-unsaturated/α-hetero) is 1. The fourth-order valence-electron chi connectivity index (χ4n) is 13.2. The van der Waals surface area contributed by atoms with Crippen molar-refractivity contribution in [2.24, 2.45) is 68.1 Å². The summed E-state index contributed by atoms with van der Waals surface area (Å²) in [5.41, 5.74) is 4.92. The summed E-state index contributed by atoms with van der Waals surface area (Å²) in [6, 6.07) is 8.26. The molecule has 1 N–H and O–H groups in total. The molecule has 4 aliphatic carbocycles. The number of carbonyl (C=O) groups excluding carboxylic acids is 2. The third-order valence-electron chi connectivity index (χ3n) is 16.4. The van der Waals surface area contributed by atoms with Gasteiger partial charge >= 0.3 is 11.9 Å². The molecular formula is C50H72ClNO5. The Bertz CT molecular complexity index is 1780. The van der Waals surface area contributed by atoms with Gasteiger partial charge in [-0.1, -0.05) is 91.6 Å². The number of rotatable bonds is 11. The van der Waals surface area contributed by atoms with E-state index >= 15 is 0 Å². The molecule has 1 aromatic carbocycles. The van der Waals surface area contributed by atoms with Crippen LogP contribution in [0.4, 0.5) is 0 Å². The van der Waals surface area contributed by atoms with Crippen LogP contribution in [0.2, 0.25) is 5.02 Å². The Hall–Kier alpha value is -2.73. The first-order chi connectivity index (χ1) is 26.8. The van der Waals surface area contributed by atoms with Gasteiger partial charge in [-0.25, -0.2) is 0 Å². The minimum Gasteiger partial charge on any atom is -0.481 e. The summed E-state index contributed by atoms with van der Waals surface area (Å²) >= 11 is 6.27. The van der Waals surface area contributed by atoms with E-state index in [0.29, 0.717) is 54.3 Å². The van der Waals surface area contributed by atoms with Crippen LogP contribution in [-0.2, 0) is 19.1 Å². The Morgan fingerprint density at radius 3 is 2.33 bits per heavy atom. The standard InChI is InChI=1S/C50H72ClNO5/c1-11-33-15-21-41(52-27-24-37(33)34-13-16-35(51)17-14-34)50-26-22-31(4)36(45(50)44(30(2)3)39(53)28-50)18-19-38-32(5)12-20-40-48(8,9)42(23-25-49(38,40)10)57-43(54)29-47(6,7)46(55)56/h13-14,16-17,24,30-33,36,38,40,42H,11-12,15,18-23,25-29H2,1-10H3,(H,55,56). The average molecular weight is 803 g/mol. The van der Waals surface area contributed by atoms with Crippen molar-refractivity contribution in [3.05, 3.63) is 52.1 Å². The van der Waals surface area contributed by atoms with Crippen LogP contribution in [0.5, 0.6) is 0 Å². The number of fused-ring (bicyclic) bond motifs is 2. The number of hydrogen-bond donors (Lipinski definition) is 1. The van der Waals surface area contributed by atoms with E-state index in [-0.39, 0.29) is 34.7 Å². The summed E-state index contributed by atoms with van der Waals surface area (Å²) in [5, 5.41) is 10.4. The Labute approximate surface area is 349 Å². The van der Waals surface area contributed by atoms with E-state index in [4.69, 9.17) is 21.3 Å². The molecule has 1 aliphatic heterocycles. The van der Waals surface area contributed by atoms with E-state index in [1.165, 1.54) is 22.4 Å². The van der Waals surface area contributed by atoms with Crippen LogP contribution in [0, 0.1) is 63.1 Å². The van der Waals surface area contributed by atoms with Gasteiger partial charge in [0.05, 0.1) is 18.4 Å². The zero-order valence-electron chi connectivity index (χ0n) is 36.8. The average Bonchev–Trinajstić information content (AvgIpc) is 3.43. The number of halogens is 1. The van der Waals surface area contributed by atoms with Crippen molar-refractivity contribution >= 4 is 40.6 Å². The van der Waals surface area contributed by atoms with Crippen LogP contribution in [0.1, 0.15) is 158 Å². The number of ether oxygens (including phenoxy) is 1. The molecule has 0 radical (unpaired) electrons. The minimum absolute atomic E-state index is 0.104. The highest BCUT2D eigenvalue weighted by Gasteiger charge is 2.59. The molecule has 5 aliphatic rings. The molecule has 1 aromatic rings. The summed E-state index contributed by atoms with van der Waals surface area (Å²) in [5.74, 6) is 1.97. The fraction of sp³-hybridized carbons (Fsp3) is 0.720. The molecule has 6 rings (SSSR count). The molecule has 9 unspecified atom stereocenters. The Morgan fingerprint density at radius 2 is 1.68 bits per heavy atom. The predicted octanol–water partition coefficient (Wildman–Crippen LogP) is 12.6. The highest BCUT2D eigenvalue weighted by molar-refractivity contribution is 6.30. The van der Waals surface area contributed by atoms with Crippen LogP contribution in [0.15, 0.2) is 46.5 Å². The number of carboxylic acids is 1. The first-order valence-electron chi connectivity index (χ1n) is 22.5. The molecule has 1 heterocycles. The Kier molecular flexibility index (Phi) is 12.9. The molecule has 7 heteroatoms. The number of aliphatic carboxylic acids is 1. The van der Waals surface area contributed by atoms with Crippen LogP contribution in [-0.4, -0.2) is 41.2 Å². The van der Waals surface area contributed by atoms with E-state index in [1.807, 2.05) is 12.1 Å². The number of ketones is 1. The number of allylic oxidation sites excluding steroid dienone is 3. The topological polar surface area (TPSA) is 93.0 Å². The van der Waals surface area contributed by atoms with E-state index in [1.54, 1.807) is 13.8 Å². The fourth-order valence-corrected chi connectivity index (χ4v) is 13.3. The summed E-state index contributed by atoms with van der Waals surface area (Å²) in [4.78, 5) is 44.7. The second-order valence-electron chi connectivity index (χ2n) is 20.9. The summed E-state index contributed by atoms with van der Waals surface area (Å²) in [6.45, 7) is 22.6. The number of esters is 1. The molecule has 3 saturated carbocycles. The Balaban J connectivity index is 1.27. The number of benzene rings is 1. The van der Waals surface area contributed by atoms with Gasteiger partial charge in [-0.15, -0.1) is 0 Å². The van der Waals surface area contributed by atoms with Crippen molar-refractivity contribution in [3.63, 3.8) is 0 Å². The largest absolute Gasteiger partial charge is 0.481 e. The van der Waals surface area contributed by atoms with Gasteiger partial charge in [-0.3, -0.25) is 19.4 Å². The lowest BCUT2D eigenvalue weighted by Crippen LogP contribution is -2.57. The minimum atomic E-state index is -1.16. The predicted molar refractivity (Wildman–Crippen MR) is 232 cm³/mol. The van der Waals surface area contributed by atoms with Gasteiger partial charge in [0.25, 0.3) is 0 Å². The quantitative estimate of drug-likeness (QED) is 0.225. The van der Waals surface area contributed by atoms with E-state index in [9.17, 15) is 19.5 Å². The normalized spacial score (nSPS) is 34.5. The molecule has 0 bridgehead atoms. The molecule has 3 fully saturated rings. The SMILES string of the molecule is CCC1CCC(C23CCC(C)C(CCC4C(C)CCC5C(C)(C)C(OC(=O)CC(C)(C)C(=O)O)CCC45C)C2=C(C(C)C)C(=O)C3)=NCC=C1c1ccc(Cl)cc1. The maximum atomic E-state index is 14.3. The van der Waals surface area contributed by atoms with Crippen LogP contribution < -0.4 is 0 Å². The number of aliphatic imine (C=N–C) groups is 1. The maximum Gasteiger partial charge on any atom is 0.309 e. The third kappa shape index (κ3) is 8.25. The van der Waals surface area contributed by atoms with Crippen molar-refractivity contribution in [1.29, 1.82) is 0 Å². The molecule has 0 saturated heterocycles. The molecule has 0 aromatic heterocycles. The molecule has 0 amide bonds. The van der Waals surface area contributed by atoms with E-state index in [0.717, 1.165) is 81.2 Å².